The van der Waals surface area contributed by atoms with Crippen molar-refractivity contribution in [3.05, 3.63) is 71.8 Å². The molecule has 0 aromatic heterocycles. The van der Waals surface area contributed by atoms with Crippen LogP contribution in [0.3, 0.4) is 0 Å². The van der Waals surface area contributed by atoms with Gasteiger partial charge in [-0.15, -0.1) is 0 Å². The second kappa shape index (κ2) is 9.85. The molecule has 6 heteroatoms. The molecule has 0 spiro atoms. The molecule has 1 aliphatic carbocycles. The summed E-state index contributed by atoms with van der Waals surface area (Å²) in [6, 6.07) is 19.8. The smallest absolute Gasteiger partial charge is 0.273 e. The largest absolute Gasteiger partial charge is 0.374 e. The predicted molar refractivity (Wildman–Crippen MR) is 113 cm³/mol. The van der Waals surface area contributed by atoms with Gasteiger partial charge in [-0.1, -0.05) is 60.7 Å². The zero-order valence-electron chi connectivity index (χ0n) is 17.1. The van der Waals surface area contributed by atoms with Crippen molar-refractivity contribution in [2.45, 2.75) is 63.3 Å². The molecule has 158 valence electrons. The lowest BCUT2D eigenvalue weighted by Crippen LogP contribution is -2.34. The number of ether oxygens (including phenoxy) is 2. The van der Waals surface area contributed by atoms with E-state index in [2.05, 4.69) is 0 Å². The molecule has 2 aromatic carbocycles. The lowest BCUT2D eigenvalue weighted by Gasteiger charge is -2.24. The van der Waals surface area contributed by atoms with Crippen LogP contribution in [0, 0.1) is 0 Å². The van der Waals surface area contributed by atoms with E-state index in [0.29, 0.717) is 39.1 Å². The molecule has 0 amide bonds. The van der Waals surface area contributed by atoms with Gasteiger partial charge < -0.3 is 9.47 Å². The summed E-state index contributed by atoms with van der Waals surface area (Å²) in [7, 11) is -3.64. The van der Waals surface area contributed by atoms with Crippen LogP contribution in [0.2, 0.25) is 0 Å². The molecule has 0 radical (unpaired) electrons. The van der Waals surface area contributed by atoms with E-state index in [4.69, 9.17) is 13.7 Å². The van der Waals surface area contributed by atoms with Gasteiger partial charge in [0.2, 0.25) is 0 Å². The third-order valence-electron chi connectivity index (χ3n) is 5.00. The molecule has 2 aromatic rings. The van der Waals surface area contributed by atoms with Crippen molar-refractivity contribution in [2.75, 3.05) is 6.61 Å². The first-order valence-electron chi connectivity index (χ1n) is 10.1. The molecule has 0 aliphatic heterocycles. The normalized spacial score (nSPS) is 16.7. The molecule has 0 heterocycles. The fraction of sp³-hybridized carbons (Fsp3) is 0.478. The van der Waals surface area contributed by atoms with Crippen LogP contribution in [-0.2, 0) is 37.0 Å². The molecule has 1 saturated carbocycles. The quantitative estimate of drug-likeness (QED) is 0.476. The lowest BCUT2D eigenvalue weighted by molar-refractivity contribution is -0.0349. The van der Waals surface area contributed by atoms with Crippen LogP contribution in [0.5, 0.6) is 0 Å². The van der Waals surface area contributed by atoms with Gasteiger partial charge in [0.1, 0.15) is 4.75 Å². The van der Waals surface area contributed by atoms with Crippen LogP contribution in [0.1, 0.15) is 44.2 Å². The van der Waals surface area contributed by atoms with Gasteiger partial charge in [-0.3, -0.25) is 4.18 Å². The summed E-state index contributed by atoms with van der Waals surface area (Å²) in [5.74, 6) is 0. The highest BCUT2D eigenvalue weighted by Crippen LogP contribution is 2.49. The highest BCUT2D eigenvalue weighted by Gasteiger charge is 2.56. The maximum absolute atomic E-state index is 12.7. The van der Waals surface area contributed by atoms with E-state index in [9.17, 15) is 8.42 Å². The van der Waals surface area contributed by atoms with Crippen molar-refractivity contribution in [3.8, 4) is 0 Å². The van der Waals surface area contributed by atoms with Crippen LogP contribution in [-0.4, -0.2) is 32.0 Å². The number of hydrogen-bond donors (Lipinski definition) is 0. The van der Waals surface area contributed by atoms with E-state index in [0.717, 1.165) is 11.1 Å². The molecule has 3 rings (SSSR count). The summed E-state index contributed by atoms with van der Waals surface area (Å²) in [5, 5.41) is 0. The van der Waals surface area contributed by atoms with E-state index in [-0.39, 0.29) is 12.2 Å². The van der Waals surface area contributed by atoms with Crippen molar-refractivity contribution in [2.24, 2.45) is 0 Å². The molecular weight excluding hydrogens is 388 g/mol. The van der Waals surface area contributed by atoms with Crippen LogP contribution < -0.4 is 0 Å². The molecule has 1 atom stereocenters. The average molecular weight is 419 g/mol. The van der Waals surface area contributed by atoms with Gasteiger partial charge in [-0.2, -0.15) is 8.42 Å². The van der Waals surface area contributed by atoms with Crippen LogP contribution >= 0.6 is 0 Å². The van der Waals surface area contributed by atoms with Gasteiger partial charge in [0.05, 0.1) is 32.0 Å². The van der Waals surface area contributed by atoms with Gasteiger partial charge in [-0.05, 0) is 44.2 Å². The van der Waals surface area contributed by atoms with Crippen molar-refractivity contribution in [3.63, 3.8) is 0 Å². The predicted octanol–water partition coefficient (Wildman–Crippen LogP) is 4.47. The first kappa shape index (κ1) is 22.0. The average Bonchev–Trinajstić information content (AvgIpc) is 3.48. The molecule has 1 fully saturated rings. The first-order valence-corrected chi connectivity index (χ1v) is 11.5. The topological polar surface area (TPSA) is 61.8 Å². The maximum atomic E-state index is 12.7. The van der Waals surface area contributed by atoms with Crippen LogP contribution in [0.25, 0.3) is 0 Å². The highest BCUT2D eigenvalue weighted by molar-refractivity contribution is 7.88. The van der Waals surface area contributed by atoms with Crippen molar-refractivity contribution < 1.29 is 22.1 Å². The minimum atomic E-state index is -3.64. The Labute approximate surface area is 174 Å². The third kappa shape index (κ3) is 6.37. The Morgan fingerprint density at radius 3 is 1.97 bits per heavy atom. The maximum Gasteiger partial charge on any atom is 0.273 e. The minimum absolute atomic E-state index is 0.327. The second-order valence-electron chi connectivity index (χ2n) is 7.91. The van der Waals surface area contributed by atoms with E-state index in [1.165, 1.54) is 0 Å². The Morgan fingerprint density at radius 1 is 0.897 bits per heavy atom. The van der Waals surface area contributed by atoms with Crippen LogP contribution in [0.4, 0.5) is 0 Å². The van der Waals surface area contributed by atoms with Gasteiger partial charge >= 0.3 is 0 Å². The molecule has 29 heavy (non-hydrogen) atoms. The molecular formula is C23H30O5S. The Bertz CT molecular complexity index is 845. The summed E-state index contributed by atoms with van der Waals surface area (Å²) in [6.07, 6.45) is 0.893. The summed E-state index contributed by atoms with van der Waals surface area (Å²) < 4.78 is 41.8. The Hall–Kier alpha value is -1.73. The van der Waals surface area contributed by atoms with Crippen LogP contribution in [0.15, 0.2) is 60.7 Å². The fourth-order valence-corrected chi connectivity index (χ4v) is 5.01. The molecule has 1 unspecified atom stereocenters. The minimum Gasteiger partial charge on any atom is -0.374 e. The highest BCUT2D eigenvalue weighted by atomic mass is 32.2. The summed E-state index contributed by atoms with van der Waals surface area (Å²) in [4.78, 5) is 0. The van der Waals surface area contributed by atoms with Gasteiger partial charge in [-0.25, -0.2) is 0 Å². The van der Waals surface area contributed by atoms with Crippen molar-refractivity contribution in [1.29, 1.82) is 0 Å². The van der Waals surface area contributed by atoms with Gasteiger partial charge in [0.15, 0.2) is 0 Å². The van der Waals surface area contributed by atoms with Crippen molar-refractivity contribution in [1.82, 2.24) is 0 Å². The van der Waals surface area contributed by atoms with Gasteiger partial charge in [0.25, 0.3) is 10.1 Å². The molecule has 0 N–H and O–H groups in total. The van der Waals surface area contributed by atoms with E-state index < -0.39 is 14.9 Å². The third-order valence-corrected chi connectivity index (χ3v) is 7.27. The monoisotopic (exact) mass is 418 g/mol. The lowest BCUT2D eigenvalue weighted by atomic mass is 10.1. The summed E-state index contributed by atoms with van der Waals surface area (Å²) in [5.41, 5.74) is 2.12. The molecule has 0 saturated heterocycles. The zero-order valence-corrected chi connectivity index (χ0v) is 17.9. The van der Waals surface area contributed by atoms with Crippen molar-refractivity contribution >= 4 is 10.1 Å². The van der Waals surface area contributed by atoms with E-state index >= 15 is 0 Å². The van der Waals surface area contributed by atoms with E-state index in [1.54, 1.807) is 13.8 Å². The second-order valence-corrected chi connectivity index (χ2v) is 9.87. The number of benzene rings is 2. The SMILES string of the molecule is CC(C)OS(=O)(=O)C1(CC(COCc2ccccc2)OCc2ccccc2)CC1. The Morgan fingerprint density at radius 2 is 1.45 bits per heavy atom. The Balaban J connectivity index is 1.63. The first-order chi connectivity index (χ1) is 13.9. The zero-order chi connectivity index (χ0) is 20.7. The summed E-state index contributed by atoms with van der Waals surface area (Å²) in [6.45, 7) is 4.69. The Kier molecular flexibility index (Phi) is 7.46. The standard InChI is InChI=1S/C23H30O5S/c1-19(2)28-29(24,25)23(13-14-23)15-22(27-17-21-11-7-4-8-12-21)18-26-16-20-9-5-3-6-10-20/h3-12,19,22H,13-18H2,1-2H3. The molecule has 5 nitrogen and oxygen atoms in total. The van der Waals surface area contributed by atoms with Gasteiger partial charge in [0, 0.05) is 0 Å². The number of rotatable bonds is 12. The molecule has 0 bridgehead atoms. The summed E-state index contributed by atoms with van der Waals surface area (Å²) >= 11 is 0. The van der Waals surface area contributed by atoms with E-state index in [1.807, 2.05) is 60.7 Å². The number of hydrogen-bond acceptors (Lipinski definition) is 5. The fourth-order valence-electron chi connectivity index (χ4n) is 3.30. The molecule has 1 aliphatic rings.